The third-order valence-corrected chi connectivity index (χ3v) is 5.39. The van der Waals surface area contributed by atoms with E-state index < -0.39 is 16.9 Å². The van der Waals surface area contributed by atoms with E-state index in [9.17, 15) is 19.7 Å². The summed E-state index contributed by atoms with van der Waals surface area (Å²) >= 11 is 1.50. The zero-order chi connectivity index (χ0) is 17.4. The largest absolute Gasteiger partial charge is 0.456 e. The monoisotopic (exact) mass is 349 g/mol. The topological polar surface area (TPSA) is 116 Å². The van der Waals surface area contributed by atoms with Gasteiger partial charge in [0.25, 0.3) is 5.69 Å². The van der Waals surface area contributed by atoms with Crippen LogP contribution in [-0.4, -0.2) is 38.9 Å². The van der Waals surface area contributed by atoms with E-state index in [4.69, 9.17) is 10.5 Å². The van der Waals surface area contributed by atoms with Gasteiger partial charge in [-0.1, -0.05) is 12.1 Å². The minimum atomic E-state index is -0.670. The molecule has 1 aromatic rings. The number of benzene rings is 1. The number of β-lactam (4-membered cyclic amide) rings is 1. The Labute approximate surface area is 141 Å². The second-order valence-corrected chi connectivity index (χ2v) is 6.63. The summed E-state index contributed by atoms with van der Waals surface area (Å²) in [4.78, 5) is 36.2. The first-order chi connectivity index (χ1) is 11.4. The van der Waals surface area contributed by atoms with Gasteiger partial charge in [0.1, 0.15) is 23.7 Å². The Kier molecular flexibility index (Phi) is 4.29. The van der Waals surface area contributed by atoms with Crippen LogP contribution in [0.25, 0.3) is 0 Å². The lowest BCUT2D eigenvalue weighted by Crippen LogP contribution is -2.68. The summed E-state index contributed by atoms with van der Waals surface area (Å²) < 4.78 is 5.22. The van der Waals surface area contributed by atoms with Gasteiger partial charge in [0.15, 0.2) is 0 Å². The van der Waals surface area contributed by atoms with E-state index in [1.807, 2.05) is 0 Å². The smallest absolute Gasteiger partial charge is 0.355 e. The summed E-state index contributed by atoms with van der Waals surface area (Å²) in [6.45, 7) is 1.51. The van der Waals surface area contributed by atoms with Crippen molar-refractivity contribution in [2.24, 2.45) is 5.73 Å². The average Bonchev–Trinajstić information content (AvgIpc) is 2.58. The number of ether oxygens (including phenoxy) is 1. The number of hydrogen-bond donors (Lipinski definition) is 1. The molecule has 0 bridgehead atoms. The molecule has 0 aromatic heterocycles. The van der Waals surface area contributed by atoms with Crippen LogP contribution >= 0.6 is 11.8 Å². The number of rotatable bonds is 4. The van der Waals surface area contributed by atoms with E-state index in [0.717, 1.165) is 5.57 Å². The molecule has 9 heteroatoms. The molecule has 2 N–H and O–H groups in total. The van der Waals surface area contributed by atoms with Crippen LogP contribution in [0.1, 0.15) is 12.5 Å². The molecular formula is C15H15N3O5S. The Balaban J connectivity index is 1.76. The number of nitrogens with two attached hydrogens (primary N) is 1. The normalized spacial score (nSPS) is 22.8. The molecule has 2 atom stereocenters. The van der Waals surface area contributed by atoms with Crippen LogP contribution in [0.5, 0.6) is 0 Å². The van der Waals surface area contributed by atoms with Crippen molar-refractivity contribution in [2.75, 3.05) is 5.75 Å². The number of esters is 1. The number of fused-ring (bicyclic) bond motifs is 1. The third-order valence-electron chi connectivity index (χ3n) is 3.94. The van der Waals surface area contributed by atoms with Crippen LogP contribution in [0, 0.1) is 10.1 Å². The van der Waals surface area contributed by atoms with Crippen molar-refractivity contribution in [3.63, 3.8) is 0 Å². The molecule has 0 saturated carbocycles. The summed E-state index contributed by atoms with van der Waals surface area (Å²) in [5.74, 6) is -0.404. The quantitative estimate of drug-likeness (QED) is 0.375. The Bertz CT molecular complexity index is 763. The molecule has 1 unspecified atom stereocenters. The van der Waals surface area contributed by atoms with Crippen LogP contribution in [-0.2, 0) is 20.9 Å². The van der Waals surface area contributed by atoms with Gasteiger partial charge in [0, 0.05) is 11.8 Å². The number of amides is 1. The maximum atomic E-state index is 12.4. The van der Waals surface area contributed by atoms with Gasteiger partial charge < -0.3 is 10.5 Å². The Morgan fingerprint density at radius 3 is 2.92 bits per heavy atom. The molecule has 2 heterocycles. The summed E-state index contributed by atoms with van der Waals surface area (Å²) in [6, 6.07) is 5.43. The fourth-order valence-corrected chi connectivity index (χ4v) is 3.92. The Morgan fingerprint density at radius 1 is 1.50 bits per heavy atom. The third kappa shape index (κ3) is 2.65. The van der Waals surface area contributed by atoms with Crippen molar-refractivity contribution in [2.45, 2.75) is 24.9 Å². The van der Waals surface area contributed by atoms with Crippen molar-refractivity contribution in [3.05, 3.63) is 51.2 Å². The number of carbonyl (C=O) groups is 2. The van der Waals surface area contributed by atoms with Crippen molar-refractivity contribution >= 4 is 29.3 Å². The van der Waals surface area contributed by atoms with Crippen molar-refractivity contribution in [1.82, 2.24) is 4.90 Å². The summed E-state index contributed by atoms with van der Waals surface area (Å²) in [5, 5.41) is 10.7. The summed E-state index contributed by atoms with van der Waals surface area (Å²) in [7, 11) is 0. The molecule has 1 fully saturated rings. The van der Waals surface area contributed by atoms with E-state index in [0.29, 0.717) is 11.3 Å². The first-order valence-corrected chi connectivity index (χ1v) is 8.26. The number of hydrogen-bond acceptors (Lipinski definition) is 7. The van der Waals surface area contributed by atoms with E-state index in [1.165, 1.54) is 28.8 Å². The van der Waals surface area contributed by atoms with Crippen molar-refractivity contribution < 1.29 is 19.2 Å². The molecule has 1 aromatic carbocycles. The SMILES string of the molecule is CC1=C(C(=O)OCc2ccccc2[N+](=O)[O-])N2C(=O)C(N)[C@H]2SC1. The lowest BCUT2D eigenvalue weighted by Gasteiger charge is -2.48. The van der Waals surface area contributed by atoms with Crippen molar-refractivity contribution in [1.29, 1.82) is 0 Å². The maximum Gasteiger partial charge on any atom is 0.355 e. The molecule has 2 aliphatic heterocycles. The van der Waals surface area contributed by atoms with Gasteiger partial charge in [-0.25, -0.2) is 4.79 Å². The maximum absolute atomic E-state index is 12.4. The second kappa shape index (κ2) is 6.25. The highest BCUT2D eigenvalue weighted by Gasteiger charge is 2.51. The highest BCUT2D eigenvalue weighted by atomic mass is 32.2. The molecule has 3 rings (SSSR count). The van der Waals surface area contributed by atoms with Crippen LogP contribution in [0.2, 0.25) is 0 Å². The summed E-state index contributed by atoms with van der Waals surface area (Å²) in [5.41, 5.74) is 6.84. The molecule has 2 aliphatic rings. The molecule has 8 nitrogen and oxygen atoms in total. The fourth-order valence-electron chi connectivity index (χ4n) is 2.68. The minimum Gasteiger partial charge on any atom is -0.456 e. The number of nitrogens with zero attached hydrogens (tertiary/aromatic N) is 2. The minimum absolute atomic E-state index is 0.116. The van der Waals surface area contributed by atoms with Gasteiger partial charge in [-0.15, -0.1) is 11.8 Å². The molecule has 126 valence electrons. The Hall–Kier alpha value is -2.39. The highest BCUT2D eigenvalue weighted by Crippen LogP contribution is 2.39. The van der Waals surface area contributed by atoms with Gasteiger partial charge in [0.05, 0.1) is 10.5 Å². The molecule has 0 spiro atoms. The molecule has 1 amide bonds. The van der Waals surface area contributed by atoms with Gasteiger partial charge >= 0.3 is 5.97 Å². The fraction of sp³-hybridized carbons (Fsp3) is 0.333. The zero-order valence-corrected chi connectivity index (χ0v) is 13.6. The first-order valence-electron chi connectivity index (χ1n) is 7.21. The van der Waals surface area contributed by atoms with Gasteiger partial charge in [-0.05, 0) is 18.6 Å². The molecule has 0 aliphatic carbocycles. The average molecular weight is 349 g/mol. The highest BCUT2D eigenvalue weighted by molar-refractivity contribution is 8.00. The van der Waals surface area contributed by atoms with Crippen molar-refractivity contribution in [3.8, 4) is 0 Å². The lowest BCUT2D eigenvalue weighted by atomic mass is 10.0. The number of carbonyl (C=O) groups excluding carboxylic acids is 2. The molecular weight excluding hydrogens is 334 g/mol. The predicted octanol–water partition coefficient (Wildman–Crippen LogP) is 1.15. The first kappa shape index (κ1) is 16.5. The zero-order valence-electron chi connectivity index (χ0n) is 12.8. The standard InChI is InChI=1S/C15H15N3O5S/c1-8-7-24-14-11(16)13(19)17(14)12(8)15(20)23-6-9-4-2-3-5-10(9)18(21)22/h2-5,11,14H,6-7,16H2,1H3/t11?,14-/m1/s1. The molecule has 24 heavy (non-hydrogen) atoms. The van der Waals surface area contributed by atoms with E-state index in [-0.39, 0.29) is 29.3 Å². The van der Waals surface area contributed by atoms with E-state index in [1.54, 1.807) is 19.1 Å². The van der Waals surface area contributed by atoms with Gasteiger partial charge in [-0.3, -0.25) is 19.8 Å². The molecule has 0 radical (unpaired) electrons. The van der Waals surface area contributed by atoms with Crippen LogP contribution in [0.3, 0.4) is 0 Å². The number of nitro benzene ring substituents is 1. The number of thioether (sulfide) groups is 1. The summed E-state index contributed by atoms with van der Waals surface area (Å²) in [6.07, 6.45) is 0. The molecule has 1 saturated heterocycles. The van der Waals surface area contributed by atoms with Crippen LogP contribution in [0.4, 0.5) is 5.69 Å². The van der Waals surface area contributed by atoms with Crippen LogP contribution in [0.15, 0.2) is 35.5 Å². The number of para-hydroxylation sites is 1. The second-order valence-electron chi connectivity index (χ2n) is 5.53. The number of nitro groups is 1. The van der Waals surface area contributed by atoms with E-state index >= 15 is 0 Å². The Morgan fingerprint density at radius 2 is 2.21 bits per heavy atom. The van der Waals surface area contributed by atoms with Crippen LogP contribution < -0.4 is 5.73 Å². The lowest BCUT2D eigenvalue weighted by molar-refractivity contribution is -0.385. The van der Waals surface area contributed by atoms with Gasteiger partial charge in [0.2, 0.25) is 5.91 Å². The van der Waals surface area contributed by atoms with Gasteiger partial charge in [-0.2, -0.15) is 0 Å². The van der Waals surface area contributed by atoms with E-state index in [2.05, 4.69) is 0 Å². The predicted molar refractivity (Wildman–Crippen MR) is 86.7 cm³/mol.